The smallest absolute Gasteiger partial charge is 0.290 e. The van der Waals surface area contributed by atoms with Crippen molar-refractivity contribution in [3.05, 3.63) is 23.2 Å². The van der Waals surface area contributed by atoms with Gasteiger partial charge in [0.05, 0.1) is 0 Å². The van der Waals surface area contributed by atoms with Crippen LogP contribution in [0.1, 0.15) is 41.6 Å². The third kappa shape index (κ3) is 2.43. The normalized spacial score (nSPS) is 24.3. The lowest BCUT2D eigenvalue weighted by atomic mass is 9.94. The van der Waals surface area contributed by atoms with Crippen molar-refractivity contribution in [1.82, 2.24) is 4.90 Å². The first-order valence-electron chi connectivity index (χ1n) is 6.51. The summed E-state index contributed by atoms with van der Waals surface area (Å²) >= 11 is 0. The molecule has 0 radical (unpaired) electrons. The van der Waals surface area contributed by atoms with Crippen LogP contribution in [0.5, 0.6) is 0 Å². The van der Waals surface area contributed by atoms with Crippen molar-refractivity contribution < 1.29 is 14.3 Å². The summed E-state index contributed by atoms with van der Waals surface area (Å²) in [6.07, 6.45) is 1.92. The van der Waals surface area contributed by atoms with E-state index in [1.54, 1.807) is 0 Å². The van der Waals surface area contributed by atoms with Gasteiger partial charge in [0, 0.05) is 24.8 Å². The van der Waals surface area contributed by atoms with E-state index in [0.29, 0.717) is 12.3 Å². The van der Waals surface area contributed by atoms with Crippen LogP contribution in [0.2, 0.25) is 0 Å². The molecule has 1 aromatic rings. The number of hydrogen-bond donors (Lipinski definition) is 1. The van der Waals surface area contributed by atoms with Crippen molar-refractivity contribution in [2.75, 3.05) is 13.2 Å². The number of aryl methyl sites for hydroxylation is 2. The Morgan fingerprint density at radius 1 is 1.50 bits per heavy atom. The summed E-state index contributed by atoms with van der Waals surface area (Å²) in [4.78, 5) is 14.3. The number of nitrogens with zero attached hydrogens (tertiary/aromatic N) is 1. The molecule has 0 aliphatic carbocycles. The minimum Gasteiger partial charge on any atom is -0.456 e. The van der Waals surface area contributed by atoms with E-state index < -0.39 is 0 Å². The van der Waals surface area contributed by atoms with Gasteiger partial charge in [0.15, 0.2) is 5.76 Å². The molecule has 2 atom stereocenters. The lowest BCUT2D eigenvalue weighted by Crippen LogP contribution is -2.46. The van der Waals surface area contributed by atoms with Gasteiger partial charge in [0.25, 0.3) is 5.91 Å². The fourth-order valence-electron chi connectivity index (χ4n) is 2.60. The van der Waals surface area contributed by atoms with Gasteiger partial charge in [-0.2, -0.15) is 0 Å². The molecule has 2 heterocycles. The molecule has 0 aromatic carbocycles. The predicted molar refractivity (Wildman–Crippen MR) is 68.5 cm³/mol. The van der Waals surface area contributed by atoms with Crippen molar-refractivity contribution in [2.24, 2.45) is 5.92 Å². The zero-order valence-corrected chi connectivity index (χ0v) is 11.3. The molecule has 0 bridgehead atoms. The van der Waals surface area contributed by atoms with Crippen LogP contribution in [0.25, 0.3) is 0 Å². The van der Waals surface area contributed by atoms with E-state index in [-0.39, 0.29) is 24.5 Å². The van der Waals surface area contributed by atoms with E-state index in [2.05, 4.69) is 6.92 Å². The van der Waals surface area contributed by atoms with Gasteiger partial charge in [-0.15, -0.1) is 0 Å². The molecular formula is C14H21NO3. The first kappa shape index (κ1) is 13.1. The summed E-state index contributed by atoms with van der Waals surface area (Å²) < 4.78 is 5.49. The SMILES string of the molecule is Cc1cc(C)c(C(=O)N2CC(CO)CCC2C)o1. The zero-order chi connectivity index (χ0) is 13.3. The highest BCUT2D eigenvalue weighted by atomic mass is 16.4. The number of likely N-dealkylation sites (tertiary alicyclic amines) is 1. The van der Waals surface area contributed by atoms with E-state index in [0.717, 1.165) is 24.2 Å². The maximum Gasteiger partial charge on any atom is 0.290 e. The highest BCUT2D eigenvalue weighted by Crippen LogP contribution is 2.25. The Hall–Kier alpha value is -1.29. The van der Waals surface area contributed by atoms with Crippen LogP contribution in [0.4, 0.5) is 0 Å². The Bertz CT molecular complexity index is 438. The Kier molecular flexibility index (Phi) is 3.76. The summed E-state index contributed by atoms with van der Waals surface area (Å²) in [6.45, 7) is 6.56. The average molecular weight is 251 g/mol. The monoisotopic (exact) mass is 251 g/mol. The third-order valence-electron chi connectivity index (χ3n) is 3.73. The summed E-state index contributed by atoms with van der Waals surface area (Å²) in [6, 6.07) is 2.09. The molecule has 1 aliphatic heterocycles. The molecule has 2 unspecified atom stereocenters. The minimum atomic E-state index is -0.0498. The zero-order valence-electron chi connectivity index (χ0n) is 11.3. The van der Waals surface area contributed by atoms with Gasteiger partial charge in [0.2, 0.25) is 0 Å². The maximum absolute atomic E-state index is 12.5. The van der Waals surface area contributed by atoms with Crippen LogP contribution in [-0.4, -0.2) is 35.1 Å². The summed E-state index contributed by atoms with van der Waals surface area (Å²) in [5.41, 5.74) is 0.885. The Balaban J connectivity index is 2.19. The minimum absolute atomic E-state index is 0.0498. The Morgan fingerprint density at radius 3 is 2.78 bits per heavy atom. The number of rotatable bonds is 2. The summed E-state index contributed by atoms with van der Waals surface area (Å²) in [7, 11) is 0. The van der Waals surface area contributed by atoms with Crippen LogP contribution in [0.3, 0.4) is 0 Å². The van der Waals surface area contributed by atoms with Gasteiger partial charge in [0.1, 0.15) is 5.76 Å². The highest BCUT2D eigenvalue weighted by molar-refractivity contribution is 5.93. The maximum atomic E-state index is 12.5. The largest absolute Gasteiger partial charge is 0.456 e. The quantitative estimate of drug-likeness (QED) is 0.876. The van der Waals surface area contributed by atoms with Crippen molar-refractivity contribution in [1.29, 1.82) is 0 Å². The average Bonchev–Trinajstić information content (AvgIpc) is 2.68. The second-order valence-corrected chi connectivity index (χ2v) is 5.30. The number of carbonyl (C=O) groups is 1. The van der Waals surface area contributed by atoms with Gasteiger partial charge < -0.3 is 14.4 Å². The first-order chi connectivity index (χ1) is 8.52. The van der Waals surface area contributed by atoms with Crippen molar-refractivity contribution in [3.63, 3.8) is 0 Å². The Labute approximate surface area is 108 Å². The molecule has 1 N–H and O–H groups in total. The predicted octanol–water partition coefficient (Wildman–Crippen LogP) is 2.13. The van der Waals surface area contributed by atoms with E-state index in [1.165, 1.54) is 0 Å². The molecule has 1 amide bonds. The van der Waals surface area contributed by atoms with Gasteiger partial charge in [-0.3, -0.25) is 4.79 Å². The lowest BCUT2D eigenvalue weighted by molar-refractivity contribution is 0.0457. The van der Waals surface area contributed by atoms with Crippen LogP contribution in [-0.2, 0) is 0 Å². The molecule has 4 nitrogen and oxygen atoms in total. The number of carbonyl (C=O) groups excluding carboxylic acids is 1. The van der Waals surface area contributed by atoms with Gasteiger partial charge in [-0.25, -0.2) is 0 Å². The number of aliphatic hydroxyl groups excluding tert-OH is 1. The van der Waals surface area contributed by atoms with Gasteiger partial charge in [-0.1, -0.05) is 0 Å². The van der Waals surface area contributed by atoms with Crippen molar-refractivity contribution in [3.8, 4) is 0 Å². The second-order valence-electron chi connectivity index (χ2n) is 5.30. The highest BCUT2D eigenvalue weighted by Gasteiger charge is 2.31. The van der Waals surface area contributed by atoms with Gasteiger partial charge in [-0.05, 0) is 45.6 Å². The Morgan fingerprint density at radius 2 is 2.22 bits per heavy atom. The first-order valence-corrected chi connectivity index (χ1v) is 6.51. The van der Waals surface area contributed by atoms with Crippen molar-refractivity contribution in [2.45, 2.75) is 39.7 Å². The lowest BCUT2D eigenvalue weighted by Gasteiger charge is -2.37. The fourth-order valence-corrected chi connectivity index (χ4v) is 2.60. The molecule has 1 saturated heterocycles. The second kappa shape index (κ2) is 5.14. The summed E-state index contributed by atoms with van der Waals surface area (Å²) in [5, 5.41) is 9.24. The molecule has 2 rings (SSSR count). The number of hydrogen-bond acceptors (Lipinski definition) is 3. The number of piperidine rings is 1. The van der Waals surface area contributed by atoms with Crippen LogP contribution < -0.4 is 0 Å². The molecule has 0 spiro atoms. The number of amides is 1. The molecule has 18 heavy (non-hydrogen) atoms. The molecule has 4 heteroatoms. The van der Waals surface area contributed by atoms with E-state index >= 15 is 0 Å². The topological polar surface area (TPSA) is 53.7 Å². The van der Waals surface area contributed by atoms with E-state index in [4.69, 9.17) is 4.42 Å². The molecular weight excluding hydrogens is 230 g/mol. The number of furan rings is 1. The summed E-state index contributed by atoms with van der Waals surface area (Å²) in [5.74, 6) is 1.35. The van der Waals surface area contributed by atoms with E-state index in [1.807, 2.05) is 24.8 Å². The molecule has 100 valence electrons. The standard InChI is InChI=1S/C14H21NO3/c1-9-6-11(3)18-13(9)14(17)15-7-12(8-16)5-4-10(15)2/h6,10,12,16H,4-5,7-8H2,1-3H3. The van der Waals surface area contributed by atoms with Crippen LogP contribution >= 0.6 is 0 Å². The van der Waals surface area contributed by atoms with Crippen LogP contribution in [0, 0.1) is 19.8 Å². The van der Waals surface area contributed by atoms with Crippen molar-refractivity contribution >= 4 is 5.91 Å². The molecule has 0 saturated carbocycles. The van der Waals surface area contributed by atoms with E-state index in [9.17, 15) is 9.90 Å². The molecule has 1 aromatic heterocycles. The third-order valence-corrected chi connectivity index (χ3v) is 3.73. The molecule has 1 fully saturated rings. The fraction of sp³-hybridized carbons (Fsp3) is 0.643. The molecule has 1 aliphatic rings. The van der Waals surface area contributed by atoms with Gasteiger partial charge >= 0.3 is 0 Å². The van der Waals surface area contributed by atoms with Crippen LogP contribution in [0.15, 0.2) is 10.5 Å². The number of aliphatic hydroxyl groups is 1.